The first-order chi connectivity index (χ1) is 15.5. The van der Waals surface area contributed by atoms with Crippen LogP contribution in [0.5, 0.6) is 0 Å². The number of aromatic amines is 1. The summed E-state index contributed by atoms with van der Waals surface area (Å²) in [4.78, 5) is 8.09. The molecule has 32 heavy (non-hydrogen) atoms. The Morgan fingerprint density at radius 2 is 1.56 bits per heavy atom. The summed E-state index contributed by atoms with van der Waals surface area (Å²) in [6, 6.07) is 27.0. The highest BCUT2D eigenvalue weighted by Crippen LogP contribution is 2.31. The van der Waals surface area contributed by atoms with E-state index in [1.54, 1.807) is 11.8 Å². The maximum Gasteiger partial charge on any atom is 0.196 e. The van der Waals surface area contributed by atoms with Crippen molar-refractivity contribution < 1.29 is 0 Å². The molecule has 3 aromatic carbocycles. The number of benzene rings is 3. The van der Waals surface area contributed by atoms with Crippen LogP contribution in [0.25, 0.3) is 28.1 Å². The first-order valence-electron chi connectivity index (χ1n) is 10.7. The molecule has 0 saturated heterocycles. The standard InChI is InChI=1S/C26H25N5S/c1-26(2,3)19-15-13-18(14-16-19)24-29-30-25(31(24)20-9-5-4-6-10-20)32-17-23-27-21-11-7-8-12-22(21)28-23/h4-16H,17H2,1-3H3,(H,27,28). The Morgan fingerprint density at radius 3 is 2.28 bits per heavy atom. The number of rotatable bonds is 5. The van der Waals surface area contributed by atoms with E-state index in [1.165, 1.54) is 5.56 Å². The average molecular weight is 440 g/mol. The topological polar surface area (TPSA) is 59.4 Å². The molecule has 1 N–H and O–H groups in total. The van der Waals surface area contributed by atoms with Crippen LogP contribution in [0.1, 0.15) is 32.2 Å². The van der Waals surface area contributed by atoms with Crippen LogP contribution in [0, 0.1) is 0 Å². The van der Waals surface area contributed by atoms with Gasteiger partial charge in [-0.3, -0.25) is 4.57 Å². The fourth-order valence-corrected chi connectivity index (χ4v) is 4.51. The molecule has 0 unspecified atom stereocenters. The van der Waals surface area contributed by atoms with Crippen LogP contribution in [0.15, 0.2) is 84.0 Å². The van der Waals surface area contributed by atoms with Crippen molar-refractivity contribution in [1.29, 1.82) is 0 Å². The number of hydrogen-bond acceptors (Lipinski definition) is 4. The number of nitrogens with zero attached hydrogens (tertiary/aromatic N) is 4. The van der Waals surface area contributed by atoms with E-state index in [9.17, 15) is 0 Å². The number of H-pyrrole nitrogens is 1. The lowest BCUT2D eigenvalue weighted by atomic mass is 9.87. The van der Waals surface area contributed by atoms with E-state index >= 15 is 0 Å². The van der Waals surface area contributed by atoms with Crippen LogP contribution < -0.4 is 0 Å². The van der Waals surface area contributed by atoms with Gasteiger partial charge in [0, 0.05) is 11.3 Å². The van der Waals surface area contributed by atoms with Crippen LogP contribution in [0.3, 0.4) is 0 Å². The molecule has 0 saturated carbocycles. The highest BCUT2D eigenvalue weighted by Gasteiger charge is 2.18. The number of thioether (sulfide) groups is 1. The van der Waals surface area contributed by atoms with E-state index < -0.39 is 0 Å². The number of fused-ring (bicyclic) bond motifs is 1. The zero-order valence-electron chi connectivity index (χ0n) is 18.4. The summed E-state index contributed by atoms with van der Waals surface area (Å²) in [5, 5.41) is 9.95. The van der Waals surface area contributed by atoms with Gasteiger partial charge in [0.2, 0.25) is 0 Å². The second kappa shape index (κ2) is 8.28. The van der Waals surface area contributed by atoms with Crippen LogP contribution in [-0.4, -0.2) is 24.7 Å². The van der Waals surface area contributed by atoms with Crippen molar-refractivity contribution in [3.8, 4) is 17.1 Å². The summed E-state index contributed by atoms with van der Waals surface area (Å²) in [6.07, 6.45) is 0. The Morgan fingerprint density at radius 1 is 0.844 bits per heavy atom. The smallest absolute Gasteiger partial charge is 0.196 e. The third-order valence-corrected chi connectivity index (χ3v) is 6.37. The van der Waals surface area contributed by atoms with Crippen LogP contribution >= 0.6 is 11.8 Å². The van der Waals surface area contributed by atoms with Crippen molar-refractivity contribution in [2.24, 2.45) is 0 Å². The maximum absolute atomic E-state index is 4.69. The highest BCUT2D eigenvalue weighted by atomic mass is 32.2. The van der Waals surface area contributed by atoms with Gasteiger partial charge in [-0.05, 0) is 35.2 Å². The summed E-state index contributed by atoms with van der Waals surface area (Å²) in [5.74, 6) is 2.45. The Balaban J connectivity index is 1.50. The average Bonchev–Trinajstić information content (AvgIpc) is 3.41. The van der Waals surface area contributed by atoms with E-state index in [2.05, 4.69) is 76.9 Å². The molecule has 2 heterocycles. The first kappa shape index (κ1) is 20.5. The summed E-state index contributed by atoms with van der Waals surface area (Å²) < 4.78 is 2.12. The minimum Gasteiger partial charge on any atom is -0.341 e. The molecular formula is C26H25N5S. The van der Waals surface area contributed by atoms with Crippen LogP contribution in [0.2, 0.25) is 0 Å². The predicted octanol–water partition coefficient (Wildman–Crippen LogP) is 6.40. The van der Waals surface area contributed by atoms with Crippen molar-refractivity contribution >= 4 is 22.8 Å². The lowest BCUT2D eigenvalue weighted by Crippen LogP contribution is -2.10. The predicted molar refractivity (Wildman–Crippen MR) is 131 cm³/mol. The minimum absolute atomic E-state index is 0.110. The largest absolute Gasteiger partial charge is 0.341 e. The monoisotopic (exact) mass is 439 g/mol. The molecular weight excluding hydrogens is 414 g/mol. The van der Waals surface area contributed by atoms with Crippen molar-refractivity contribution in [2.45, 2.75) is 37.1 Å². The molecule has 0 amide bonds. The highest BCUT2D eigenvalue weighted by molar-refractivity contribution is 7.98. The molecule has 5 aromatic rings. The Bertz CT molecular complexity index is 1310. The van der Waals surface area contributed by atoms with Gasteiger partial charge in [0.05, 0.1) is 16.8 Å². The van der Waals surface area contributed by atoms with Gasteiger partial charge in [-0.2, -0.15) is 0 Å². The molecule has 0 radical (unpaired) electrons. The molecule has 0 fully saturated rings. The Kier molecular flexibility index (Phi) is 5.31. The van der Waals surface area contributed by atoms with Crippen molar-refractivity contribution in [3.63, 3.8) is 0 Å². The van der Waals surface area contributed by atoms with Crippen molar-refractivity contribution in [3.05, 3.63) is 90.3 Å². The number of para-hydroxylation sites is 3. The molecule has 0 atom stereocenters. The first-order valence-corrected chi connectivity index (χ1v) is 11.7. The van der Waals surface area contributed by atoms with E-state index in [0.717, 1.165) is 39.1 Å². The quantitative estimate of drug-likeness (QED) is 0.322. The zero-order chi connectivity index (χ0) is 22.1. The second-order valence-electron chi connectivity index (χ2n) is 8.79. The van der Waals surface area contributed by atoms with E-state index in [1.807, 2.05) is 42.5 Å². The molecule has 160 valence electrons. The lowest BCUT2D eigenvalue weighted by Gasteiger charge is -2.19. The number of imidazole rings is 1. The van der Waals surface area contributed by atoms with E-state index in [-0.39, 0.29) is 5.41 Å². The normalized spacial score (nSPS) is 11.8. The summed E-state index contributed by atoms with van der Waals surface area (Å²) >= 11 is 1.63. The van der Waals surface area contributed by atoms with Gasteiger partial charge < -0.3 is 4.98 Å². The van der Waals surface area contributed by atoms with Gasteiger partial charge in [-0.25, -0.2) is 4.98 Å². The third kappa shape index (κ3) is 4.06. The molecule has 0 aliphatic carbocycles. The molecule has 0 spiro atoms. The van der Waals surface area contributed by atoms with Gasteiger partial charge in [-0.15, -0.1) is 10.2 Å². The Hall–Kier alpha value is -3.38. The third-order valence-electron chi connectivity index (χ3n) is 5.43. The van der Waals surface area contributed by atoms with Crippen LogP contribution in [-0.2, 0) is 11.2 Å². The summed E-state index contributed by atoms with van der Waals surface area (Å²) in [5.41, 5.74) is 5.52. The fraction of sp³-hybridized carbons (Fsp3) is 0.192. The molecule has 0 aliphatic heterocycles. The zero-order valence-corrected chi connectivity index (χ0v) is 19.2. The Labute approximate surface area is 191 Å². The SMILES string of the molecule is CC(C)(C)c1ccc(-c2nnc(SCc3nc4ccccc4[nH]3)n2-c2ccccc2)cc1. The van der Waals surface area contributed by atoms with E-state index in [0.29, 0.717) is 5.75 Å². The van der Waals surface area contributed by atoms with Gasteiger partial charge in [-0.1, -0.05) is 87.1 Å². The van der Waals surface area contributed by atoms with E-state index in [4.69, 9.17) is 4.98 Å². The summed E-state index contributed by atoms with van der Waals surface area (Å²) in [7, 11) is 0. The molecule has 0 bridgehead atoms. The van der Waals surface area contributed by atoms with Crippen molar-refractivity contribution in [2.75, 3.05) is 0 Å². The molecule has 2 aromatic heterocycles. The van der Waals surface area contributed by atoms with Crippen molar-refractivity contribution in [1.82, 2.24) is 24.7 Å². The number of nitrogens with one attached hydrogen (secondary N) is 1. The molecule has 0 aliphatic rings. The van der Waals surface area contributed by atoms with Gasteiger partial charge in [0.25, 0.3) is 0 Å². The second-order valence-corrected chi connectivity index (χ2v) is 9.74. The molecule has 5 nitrogen and oxygen atoms in total. The van der Waals surface area contributed by atoms with Gasteiger partial charge in [0.1, 0.15) is 5.82 Å². The number of hydrogen-bond donors (Lipinski definition) is 1. The summed E-state index contributed by atoms with van der Waals surface area (Å²) in [6.45, 7) is 6.67. The minimum atomic E-state index is 0.110. The fourth-order valence-electron chi connectivity index (χ4n) is 3.69. The van der Waals surface area contributed by atoms with Gasteiger partial charge in [0.15, 0.2) is 11.0 Å². The maximum atomic E-state index is 4.69. The lowest BCUT2D eigenvalue weighted by molar-refractivity contribution is 0.590. The van der Waals surface area contributed by atoms with Gasteiger partial charge >= 0.3 is 0 Å². The van der Waals surface area contributed by atoms with Crippen LogP contribution in [0.4, 0.5) is 0 Å². The number of aromatic nitrogens is 5. The molecule has 5 rings (SSSR count). The molecule has 6 heteroatoms.